The van der Waals surface area contributed by atoms with E-state index in [-0.39, 0.29) is 23.3 Å². The van der Waals surface area contributed by atoms with Crippen LogP contribution in [-0.4, -0.2) is 45.2 Å². The minimum absolute atomic E-state index is 0.00806. The molecule has 0 aliphatic heterocycles. The molecule has 0 spiro atoms. The average Bonchev–Trinajstić information content (AvgIpc) is 3.17. The molecule has 33 heavy (non-hydrogen) atoms. The summed E-state index contributed by atoms with van der Waals surface area (Å²) in [5.74, 6) is -0.141. The smallest absolute Gasteiger partial charge is 0.221 e. The highest BCUT2D eigenvalue weighted by Gasteiger charge is 2.38. The standard InChI is InChI=1S/C26H32N4O3/c1-19(31)29-22-11-14-26(15-12-24(22)32,20-7-3-2-4-8-20)17-27-25(33)13-16-30-18-28-21-9-5-6-10-23(21)30/h2-10,18,22,24,32H,11-17H2,1H3,(H,27,33)(H,29,31)/t22-,24-,26-/m0/s1. The van der Waals surface area contributed by atoms with Crippen LogP contribution in [0.15, 0.2) is 60.9 Å². The normalized spacial score (nSPS) is 23.1. The molecule has 0 saturated heterocycles. The zero-order valence-electron chi connectivity index (χ0n) is 19.0. The number of aryl methyl sites for hydroxylation is 1. The van der Waals surface area contributed by atoms with E-state index in [0.29, 0.717) is 32.4 Å². The number of aliphatic hydroxyl groups excluding tert-OH is 1. The summed E-state index contributed by atoms with van der Waals surface area (Å²) in [5, 5.41) is 16.7. The van der Waals surface area contributed by atoms with E-state index in [1.54, 1.807) is 6.33 Å². The number of nitrogens with one attached hydrogen (secondary N) is 2. The van der Waals surface area contributed by atoms with Crippen molar-refractivity contribution in [3.8, 4) is 0 Å². The largest absolute Gasteiger partial charge is 0.391 e. The Morgan fingerprint density at radius 2 is 1.82 bits per heavy atom. The number of hydrogen-bond acceptors (Lipinski definition) is 4. The summed E-state index contributed by atoms with van der Waals surface area (Å²) in [6.07, 6.45) is 4.28. The van der Waals surface area contributed by atoms with Gasteiger partial charge in [0.1, 0.15) is 0 Å². The lowest BCUT2D eigenvalue weighted by Gasteiger charge is -2.34. The van der Waals surface area contributed by atoms with Crippen molar-refractivity contribution < 1.29 is 14.7 Å². The lowest BCUT2D eigenvalue weighted by molar-refractivity contribution is -0.122. The Hall–Kier alpha value is -3.19. The first-order valence-electron chi connectivity index (χ1n) is 11.6. The highest BCUT2D eigenvalue weighted by Crippen LogP contribution is 2.38. The second kappa shape index (κ2) is 10.2. The zero-order chi connectivity index (χ0) is 23.3. The number of hydrogen-bond donors (Lipinski definition) is 3. The summed E-state index contributed by atoms with van der Waals surface area (Å²) in [5.41, 5.74) is 2.81. The minimum atomic E-state index is -0.593. The molecule has 7 nitrogen and oxygen atoms in total. The SMILES string of the molecule is CC(=O)N[C@H]1CC[C@](CNC(=O)CCn2cnc3ccccc32)(c2ccccc2)CC[C@@H]1O. The Morgan fingerprint density at radius 1 is 1.09 bits per heavy atom. The molecule has 3 N–H and O–H groups in total. The van der Waals surface area contributed by atoms with Crippen LogP contribution in [0.1, 0.15) is 44.6 Å². The molecule has 2 amide bonds. The third kappa shape index (κ3) is 5.42. The molecule has 1 fully saturated rings. The molecule has 2 aromatic carbocycles. The van der Waals surface area contributed by atoms with Crippen molar-refractivity contribution >= 4 is 22.8 Å². The number of carbonyl (C=O) groups excluding carboxylic acids is 2. The fraction of sp³-hybridized carbons (Fsp3) is 0.423. The number of para-hydroxylation sites is 2. The molecule has 174 valence electrons. The van der Waals surface area contributed by atoms with Crippen molar-refractivity contribution in [1.29, 1.82) is 0 Å². The van der Waals surface area contributed by atoms with E-state index in [9.17, 15) is 14.7 Å². The number of fused-ring (bicyclic) bond motifs is 1. The summed E-state index contributed by atoms with van der Waals surface area (Å²) in [4.78, 5) is 28.8. The Morgan fingerprint density at radius 3 is 2.61 bits per heavy atom. The minimum Gasteiger partial charge on any atom is -0.391 e. The van der Waals surface area contributed by atoms with Crippen molar-refractivity contribution in [1.82, 2.24) is 20.2 Å². The van der Waals surface area contributed by atoms with Crippen LogP contribution in [0.3, 0.4) is 0 Å². The van der Waals surface area contributed by atoms with Crippen molar-refractivity contribution in [2.24, 2.45) is 0 Å². The van der Waals surface area contributed by atoms with E-state index in [1.807, 2.05) is 47.0 Å². The fourth-order valence-corrected chi connectivity index (χ4v) is 4.93. The van der Waals surface area contributed by atoms with Gasteiger partial charge in [0.25, 0.3) is 0 Å². The Balaban J connectivity index is 1.43. The van der Waals surface area contributed by atoms with Gasteiger partial charge in [0.2, 0.25) is 11.8 Å². The number of aromatic nitrogens is 2. The van der Waals surface area contributed by atoms with E-state index in [2.05, 4.69) is 27.8 Å². The molecule has 1 aliphatic rings. The van der Waals surface area contributed by atoms with Crippen LogP contribution in [-0.2, 0) is 21.5 Å². The molecule has 0 radical (unpaired) electrons. The fourth-order valence-electron chi connectivity index (χ4n) is 4.93. The Labute approximate surface area is 194 Å². The quantitative estimate of drug-likeness (QED) is 0.484. The van der Waals surface area contributed by atoms with Gasteiger partial charge in [-0.2, -0.15) is 0 Å². The van der Waals surface area contributed by atoms with Crippen molar-refractivity contribution in [3.05, 3.63) is 66.5 Å². The van der Waals surface area contributed by atoms with Gasteiger partial charge in [0.15, 0.2) is 0 Å². The van der Waals surface area contributed by atoms with Crippen LogP contribution in [0.2, 0.25) is 0 Å². The maximum absolute atomic E-state index is 12.8. The highest BCUT2D eigenvalue weighted by atomic mass is 16.3. The van der Waals surface area contributed by atoms with Gasteiger partial charge in [-0.25, -0.2) is 4.98 Å². The molecule has 1 saturated carbocycles. The van der Waals surface area contributed by atoms with Gasteiger partial charge in [-0.15, -0.1) is 0 Å². The first kappa shape index (κ1) is 23.0. The first-order chi connectivity index (χ1) is 16.0. The molecular formula is C26H32N4O3. The molecule has 7 heteroatoms. The van der Waals surface area contributed by atoms with Gasteiger partial charge in [-0.05, 0) is 43.4 Å². The van der Waals surface area contributed by atoms with E-state index in [4.69, 9.17) is 0 Å². The van der Waals surface area contributed by atoms with Gasteiger partial charge in [0, 0.05) is 31.8 Å². The molecule has 3 atom stereocenters. The van der Waals surface area contributed by atoms with Gasteiger partial charge >= 0.3 is 0 Å². The Bertz CT molecular complexity index is 1100. The molecule has 1 heterocycles. The zero-order valence-corrected chi connectivity index (χ0v) is 19.0. The van der Waals surface area contributed by atoms with Crippen molar-refractivity contribution in [3.63, 3.8) is 0 Å². The second-order valence-electron chi connectivity index (χ2n) is 9.05. The summed E-state index contributed by atoms with van der Waals surface area (Å²) < 4.78 is 2.00. The maximum Gasteiger partial charge on any atom is 0.221 e. The monoisotopic (exact) mass is 448 g/mol. The van der Waals surface area contributed by atoms with E-state index in [0.717, 1.165) is 29.4 Å². The molecule has 3 aromatic rings. The molecule has 0 unspecified atom stereocenters. The molecular weight excluding hydrogens is 416 g/mol. The topological polar surface area (TPSA) is 96.3 Å². The molecule has 1 aromatic heterocycles. The van der Waals surface area contributed by atoms with Crippen molar-refractivity contribution in [2.75, 3.05) is 6.54 Å². The van der Waals surface area contributed by atoms with Crippen LogP contribution in [0, 0.1) is 0 Å². The predicted octanol–water partition coefficient (Wildman–Crippen LogP) is 2.92. The van der Waals surface area contributed by atoms with Crippen LogP contribution in [0.25, 0.3) is 11.0 Å². The number of carbonyl (C=O) groups is 2. The lowest BCUT2D eigenvalue weighted by Crippen LogP contribution is -2.42. The average molecular weight is 449 g/mol. The van der Waals surface area contributed by atoms with Gasteiger partial charge in [-0.1, -0.05) is 42.5 Å². The lowest BCUT2D eigenvalue weighted by atomic mass is 9.74. The molecule has 1 aliphatic carbocycles. The number of aliphatic hydroxyl groups is 1. The van der Waals surface area contributed by atoms with Crippen LogP contribution in [0.4, 0.5) is 0 Å². The van der Waals surface area contributed by atoms with Gasteiger partial charge in [-0.3, -0.25) is 9.59 Å². The third-order valence-corrected chi connectivity index (χ3v) is 6.82. The maximum atomic E-state index is 12.8. The predicted molar refractivity (Wildman–Crippen MR) is 128 cm³/mol. The summed E-state index contributed by atoms with van der Waals surface area (Å²) in [6.45, 7) is 2.54. The number of nitrogens with zero attached hydrogens (tertiary/aromatic N) is 2. The highest BCUT2D eigenvalue weighted by molar-refractivity contribution is 5.77. The molecule has 4 rings (SSSR count). The first-order valence-corrected chi connectivity index (χ1v) is 11.6. The van der Waals surface area contributed by atoms with E-state index in [1.165, 1.54) is 6.92 Å². The van der Waals surface area contributed by atoms with Crippen molar-refractivity contribution in [2.45, 2.75) is 63.1 Å². The van der Waals surface area contributed by atoms with Crippen LogP contribution in [0.5, 0.6) is 0 Å². The van der Waals surface area contributed by atoms with Crippen LogP contribution >= 0.6 is 0 Å². The number of benzene rings is 2. The number of rotatable bonds is 7. The van der Waals surface area contributed by atoms with E-state index >= 15 is 0 Å². The molecule has 0 bridgehead atoms. The second-order valence-corrected chi connectivity index (χ2v) is 9.05. The van der Waals surface area contributed by atoms with Gasteiger partial charge in [0.05, 0.1) is 29.5 Å². The summed E-state index contributed by atoms with van der Waals surface area (Å²) in [7, 11) is 0. The number of amides is 2. The number of imidazole rings is 1. The summed E-state index contributed by atoms with van der Waals surface area (Å²) >= 11 is 0. The third-order valence-electron chi connectivity index (χ3n) is 6.82. The van der Waals surface area contributed by atoms with E-state index < -0.39 is 6.10 Å². The van der Waals surface area contributed by atoms with Crippen LogP contribution < -0.4 is 10.6 Å². The van der Waals surface area contributed by atoms with Gasteiger partial charge < -0.3 is 20.3 Å². The summed E-state index contributed by atoms with van der Waals surface area (Å²) in [6, 6.07) is 17.8. The Kier molecular flexibility index (Phi) is 7.08.